The first-order valence-electron chi connectivity index (χ1n) is 5.94. The van der Waals surface area contributed by atoms with Crippen LogP contribution in [0.2, 0.25) is 0 Å². The van der Waals surface area contributed by atoms with Gasteiger partial charge in [0.2, 0.25) is 0 Å². The molecule has 1 heterocycles. The van der Waals surface area contributed by atoms with E-state index in [1.165, 1.54) is 5.56 Å². The number of hydrazine groups is 1. The largest absolute Gasteiger partial charge is 0.271 e. The van der Waals surface area contributed by atoms with E-state index >= 15 is 0 Å². The van der Waals surface area contributed by atoms with Crippen molar-refractivity contribution in [2.75, 3.05) is 0 Å². The number of rotatable bonds is 5. The summed E-state index contributed by atoms with van der Waals surface area (Å²) < 4.78 is 14.0. The lowest BCUT2D eigenvalue weighted by atomic mass is 9.98. The molecule has 0 aliphatic carbocycles. The molecule has 0 aliphatic heterocycles. The summed E-state index contributed by atoms with van der Waals surface area (Å²) in [4.78, 5) is 0. The van der Waals surface area contributed by atoms with Crippen LogP contribution in [0.15, 0.2) is 35.0 Å². The van der Waals surface area contributed by atoms with Gasteiger partial charge in [-0.15, -0.1) is 0 Å². The van der Waals surface area contributed by atoms with E-state index < -0.39 is 0 Å². The smallest absolute Gasteiger partial charge is 0.130 e. The maximum absolute atomic E-state index is 14.0. The van der Waals surface area contributed by atoms with E-state index in [9.17, 15) is 4.39 Å². The molecule has 0 amide bonds. The van der Waals surface area contributed by atoms with Crippen molar-refractivity contribution in [1.82, 2.24) is 5.43 Å². The molecular weight excluding hydrogens is 247 g/mol. The predicted octanol–water partition coefficient (Wildman–Crippen LogP) is 3.33. The average molecular weight is 264 g/mol. The van der Waals surface area contributed by atoms with Crippen LogP contribution in [0.1, 0.15) is 29.2 Å². The minimum absolute atomic E-state index is 0.148. The molecule has 0 radical (unpaired) electrons. The topological polar surface area (TPSA) is 38.0 Å². The van der Waals surface area contributed by atoms with E-state index in [4.69, 9.17) is 5.84 Å². The molecule has 18 heavy (non-hydrogen) atoms. The number of benzene rings is 1. The number of hydrogen-bond acceptors (Lipinski definition) is 3. The summed E-state index contributed by atoms with van der Waals surface area (Å²) in [5.74, 6) is 5.39. The quantitative estimate of drug-likeness (QED) is 0.642. The fourth-order valence-electron chi connectivity index (χ4n) is 2.01. The van der Waals surface area contributed by atoms with Crippen molar-refractivity contribution in [3.63, 3.8) is 0 Å². The number of nitrogens with two attached hydrogens (primary N) is 1. The van der Waals surface area contributed by atoms with E-state index in [0.717, 1.165) is 12.8 Å². The monoisotopic (exact) mass is 264 g/mol. The van der Waals surface area contributed by atoms with Crippen molar-refractivity contribution in [2.24, 2.45) is 5.84 Å². The molecule has 0 bridgehead atoms. The molecule has 0 aliphatic rings. The molecule has 1 aromatic heterocycles. The summed E-state index contributed by atoms with van der Waals surface area (Å²) in [7, 11) is 0. The average Bonchev–Trinajstić information content (AvgIpc) is 2.88. The van der Waals surface area contributed by atoms with Crippen molar-refractivity contribution < 1.29 is 4.39 Å². The maximum Gasteiger partial charge on any atom is 0.130 e. The van der Waals surface area contributed by atoms with Crippen LogP contribution in [0, 0.1) is 12.7 Å². The minimum Gasteiger partial charge on any atom is -0.271 e. The van der Waals surface area contributed by atoms with Gasteiger partial charge < -0.3 is 0 Å². The van der Waals surface area contributed by atoms with E-state index in [1.54, 1.807) is 30.4 Å². The van der Waals surface area contributed by atoms with E-state index in [2.05, 4.69) is 16.9 Å². The Balaban J connectivity index is 2.10. The summed E-state index contributed by atoms with van der Waals surface area (Å²) in [6, 6.07) is 7.36. The number of halogens is 1. The lowest BCUT2D eigenvalue weighted by Crippen LogP contribution is -2.29. The molecular formula is C14H17FN2S. The Morgan fingerprint density at radius 3 is 2.89 bits per heavy atom. The zero-order chi connectivity index (χ0) is 13.0. The second-order valence-corrected chi connectivity index (χ2v) is 5.15. The van der Waals surface area contributed by atoms with Gasteiger partial charge in [-0.3, -0.25) is 11.3 Å². The Bertz CT molecular complexity index is 497. The van der Waals surface area contributed by atoms with Gasteiger partial charge in [-0.2, -0.15) is 11.3 Å². The zero-order valence-corrected chi connectivity index (χ0v) is 11.1. The summed E-state index contributed by atoms with van der Waals surface area (Å²) in [6.07, 6.45) is 1.68. The van der Waals surface area contributed by atoms with Crippen molar-refractivity contribution in [3.8, 4) is 0 Å². The normalized spacial score (nSPS) is 12.6. The second-order valence-electron chi connectivity index (χ2n) is 4.37. The van der Waals surface area contributed by atoms with Gasteiger partial charge in [0.05, 0.1) is 0 Å². The van der Waals surface area contributed by atoms with Crippen LogP contribution >= 0.6 is 11.3 Å². The summed E-state index contributed by atoms with van der Waals surface area (Å²) in [5.41, 5.74) is 5.29. The predicted molar refractivity (Wildman–Crippen MR) is 73.8 cm³/mol. The Kier molecular flexibility index (Phi) is 4.47. The SMILES string of the molecule is Cc1cccc(C(CCc2ccsc2)NN)c1F. The van der Waals surface area contributed by atoms with Crippen LogP contribution in [0.3, 0.4) is 0 Å². The van der Waals surface area contributed by atoms with Crippen LogP contribution in [-0.4, -0.2) is 0 Å². The molecule has 1 aromatic carbocycles. The highest BCUT2D eigenvalue weighted by Gasteiger charge is 2.15. The number of aryl methyl sites for hydroxylation is 2. The molecule has 2 aromatic rings. The fraction of sp³-hybridized carbons (Fsp3) is 0.286. The summed E-state index contributed by atoms with van der Waals surface area (Å²) >= 11 is 1.67. The fourth-order valence-corrected chi connectivity index (χ4v) is 2.72. The molecule has 96 valence electrons. The first-order chi connectivity index (χ1) is 8.72. The van der Waals surface area contributed by atoms with Crippen LogP contribution in [0.4, 0.5) is 4.39 Å². The Morgan fingerprint density at radius 1 is 1.39 bits per heavy atom. The molecule has 4 heteroatoms. The number of thiophene rings is 1. The molecule has 0 saturated carbocycles. The van der Waals surface area contributed by atoms with Gasteiger partial charge >= 0.3 is 0 Å². The third-order valence-corrected chi connectivity index (χ3v) is 3.83. The highest BCUT2D eigenvalue weighted by atomic mass is 32.1. The summed E-state index contributed by atoms with van der Waals surface area (Å²) in [5, 5.41) is 4.16. The molecule has 2 nitrogen and oxygen atoms in total. The maximum atomic E-state index is 14.0. The van der Waals surface area contributed by atoms with Gasteiger partial charge in [-0.1, -0.05) is 18.2 Å². The number of nitrogens with one attached hydrogen (secondary N) is 1. The molecule has 1 atom stereocenters. The third-order valence-electron chi connectivity index (χ3n) is 3.10. The standard InChI is InChI=1S/C14H17FN2S/c1-10-3-2-4-12(14(10)15)13(17-16)6-5-11-7-8-18-9-11/h2-4,7-9,13,17H,5-6,16H2,1H3. The minimum atomic E-state index is -0.161. The van der Waals surface area contributed by atoms with Crippen LogP contribution in [0.25, 0.3) is 0 Å². The van der Waals surface area contributed by atoms with Crippen molar-refractivity contribution >= 4 is 11.3 Å². The van der Waals surface area contributed by atoms with Gasteiger partial charge in [0, 0.05) is 11.6 Å². The van der Waals surface area contributed by atoms with Crippen LogP contribution in [-0.2, 0) is 6.42 Å². The lowest BCUT2D eigenvalue weighted by molar-refractivity contribution is 0.483. The van der Waals surface area contributed by atoms with Gasteiger partial charge in [0.15, 0.2) is 0 Å². The Labute approximate surface area is 111 Å². The molecule has 0 spiro atoms. The van der Waals surface area contributed by atoms with Crippen molar-refractivity contribution in [3.05, 3.63) is 57.5 Å². The van der Waals surface area contributed by atoms with E-state index in [-0.39, 0.29) is 11.9 Å². The van der Waals surface area contributed by atoms with Gasteiger partial charge in [0.25, 0.3) is 0 Å². The second kappa shape index (κ2) is 6.09. The van der Waals surface area contributed by atoms with Crippen molar-refractivity contribution in [2.45, 2.75) is 25.8 Å². The molecule has 0 saturated heterocycles. The highest BCUT2D eigenvalue weighted by Crippen LogP contribution is 2.23. The number of hydrogen-bond donors (Lipinski definition) is 2. The van der Waals surface area contributed by atoms with E-state index in [1.807, 2.05) is 11.4 Å². The molecule has 0 fully saturated rings. The Hall–Kier alpha value is -1.23. The highest BCUT2D eigenvalue weighted by molar-refractivity contribution is 7.07. The molecule has 3 N–H and O–H groups in total. The van der Waals surface area contributed by atoms with Crippen molar-refractivity contribution in [1.29, 1.82) is 0 Å². The van der Waals surface area contributed by atoms with Gasteiger partial charge in [-0.05, 0) is 47.7 Å². The summed E-state index contributed by atoms with van der Waals surface area (Å²) in [6.45, 7) is 1.77. The van der Waals surface area contributed by atoms with E-state index in [0.29, 0.717) is 11.1 Å². The third kappa shape index (κ3) is 2.96. The van der Waals surface area contributed by atoms with Gasteiger partial charge in [0.1, 0.15) is 5.82 Å². The van der Waals surface area contributed by atoms with Crippen LogP contribution in [0.5, 0.6) is 0 Å². The lowest BCUT2D eigenvalue weighted by Gasteiger charge is -2.17. The van der Waals surface area contributed by atoms with Gasteiger partial charge in [-0.25, -0.2) is 4.39 Å². The first kappa shape index (κ1) is 13.2. The Morgan fingerprint density at radius 2 is 2.22 bits per heavy atom. The zero-order valence-electron chi connectivity index (χ0n) is 10.3. The molecule has 1 unspecified atom stereocenters. The van der Waals surface area contributed by atoms with Crippen LogP contribution < -0.4 is 11.3 Å². The molecule has 2 rings (SSSR count). The first-order valence-corrected chi connectivity index (χ1v) is 6.89.